The van der Waals surface area contributed by atoms with Gasteiger partial charge in [0.2, 0.25) is 0 Å². The number of hydrogen-bond donors (Lipinski definition) is 3. The maximum Gasteiger partial charge on any atom is 0.198 e. The van der Waals surface area contributed by atoms with Crippen molar-refractivity contribution >= 4 is 5.82 Å². The quantitative estimate of drug-likeness (QED) is 0.521. The molecule has 0 spiro atoms. The summed E-state index contributed by atoms with van der Waals surface area (Å²) in [4.78, 5) is 3.97. The molecule has 7 heteroatoms. The van der Waals surface area contributed by atoms with Crippen molar-refractivity contribution in [2.75, 3.05) is 5.43 Å². The number of pyridine rings is 1. The van der Waals surface area contributed by atoms with Crippen molar-refractivity contribution in [3.8, 4) is 0 Å². The van der Waals surface area contributed by atoms with Crippen molar-refractivity contribution in [1.82, 2.24) is 15.2 Å². The van der Waals surface area contributed by atoms with Crippen LogP contribution in [-0.2, 0) is 0 Å². The van der Waals surface area contributed by atoms with Crippen LogP contribution < -0.4 is 21.8 Å². The normalized spacial score (nSPS) is 9.87. The lowest BCUT2D eigenvalue weighted by Crippen LogP contribution is -2.34. The summed E-state index contributed by atoms with van der Waals surface area (Å²) in [7, 11) is 0. The molecule has 0 aromatic carbocycles. The van der Waals surface area contributed by atoms with Crippen molar-refractivity contribution in [3.63, 3.8) is 0 Å². The van der Waals surface area contributed by atoms with Crippen LogP contribution in [0.5, 0.6) is 0 Å². The highest BCUT2D eigenvalue weighted by molar-refractivity contribution is 5.31. The Balaban J connectivity index is 2.35. The Labute approximate surface area is 83.9 Å². The van der Waals surface area contributed by atoms with Gasteiger partial charge in [0.1, 0.15) is 5.82 Å². The van der Waals surface area contributed by atoms with Gasteiger partial charge in [-0.2, -0.15) is 5.10 Å². The van der Waals surface area contributed by atoms with E-state index >= 15 is 0 Å². The molecular weight excluding hydrogens is 194 g/mol. The first kappa shape index (κ1) is 9.13. The third-order valence-corrected chi connectivity index (χ3v) is 1.65. The van der Waals surface area contributed by atoms with E-state index in [-0.39, 0.29) is 16.3 Å². The van der Waals surface area contributed by atoms with Crippen LogP contribution >= 0.6 is 0 Å². The number of rotatable bonds is 2. The lowest BCUT2D eigenvalue weighted by Gasteiger charge is -1.94. The Kier molecular flexibility index (Phi) is 2.28. The summed E-state index contributed by atoms with van der Waals surface area (Å²) < 4.78 is 0. The van der Waals surface area contributed by atoms with E-state index in [2.05, 4.69) is 25.7 Å². The smallest absolute Gasteiger partial charge is 0.198 e. The molecule has 0 fully saturated rings. The average molecular weight is 201 g/mol. The molecule has 0 aliphatic heterocycles. The third-order valence-electron chi connectivity index (χ3n) is 1.65. The van der Waals surface area contributed by atoms with Gasteiger partial charge in [-0.3, -0.25) is 16.2 Å². The Morgan fingerprint density at radius 3 is 2.47 bits per heavy atom. The second kappa shape index (κ2) is 3.74. The molecule has 0 saturated heterocycles. The molecule has 0 aliphatic carbocycles. The monoisotopic (exact) mass is 201 g/mol. The van der Waals surface area contributed by atoms with Crippen molar-refractivity contribution in [2.24, 2.45) is 5.10 Å². The molecule has 0 atom stereocenters. The Morgan fingerprint density at radius 1 is 1.13 bits per heavy atom. The highest BCUT2D eigenvalue weighted by Crippen LogP contribution is 1.97. The van der Waals surface area contributed by atoms with Crippen molar-refractivity contribution in [2.45, 2.75) is 0 Å². The summed E-state index contributed by atoms with van der Waals surface area (Å²) in [6, 6.07) is 5.30. The molecule has 0 bridgehead atoms. The summed E-state index contributed by atoms with van der Waals surface area (Å²) in [6.07, 6.45) is 1.61. The largest absolute Gasteiger partial charge is 0.279 e. The fraction of sp³-hybridized carbons (Fsp3) is 0. The van der Waals surface area contributed by atoms with Crippen LogP contribution in [0.2, 0.25) is 0 Å². The molecule has 74 valence electrons. The van der Waals surface area contributed by atoms with Crippen LogP contribution in [0.3, 0.4) is 0 Å². The Morgan fingerprint density at radius 2 is 1.87 bits per heavy atom. The maximum absolute atomic E-state index is 7.31. The number of hydrogen-bond acceptors (Lipinski definition) is 7. The second-order valence-electron chi connectivity index (χ2n) is 2.68. The first-order valence-electron chi connectivity index (χ1n) is 4.11. The van der Waals surface area contributed by atoms with Crippen LogP contribution in [0.25, 0.3) is 0 Å². The topological polar surface area (TPSA) is 111 Å². The number of aromatic nitrogens is 3. The first-order chi connectivity index (χ1) is 7.27. The van der Waals surface area contributed by atoms with Crippen LogP contribution in [0, 0.1) is 10.8 Å². The van der Waals surface area contributed by atoms with E-state index in [9.17, 15) is 0 Å². The summed E-state index contributed by atoms with van der Waals surface area (Å²) in [5.41, 5.74) is 2.38. The minimum Gasteiger partial charge on any atom is -0.279 e. The molecule has 0 radical (unpaired) electrons. The van der Waals surface area contributed by atoms with Gasteiger partial charge in [0, 0.05) is 6.20 Å². The van der Waals surface area contributed by atoms with Crippen LogP contribution in [0.1, 0.15) is 0 Å². The van der Waals surface area contributed by atoms with E-state index in [0.717, 1.165) is 0 Å². The molecule has 2 heterocycles. The van der Waals surface area contributed by atoms with Crippen molar-refractivity contribution in [3.05, 3.63) is 40.7 Å². The predicted octanol–water partition coefficient (Wildman–Crippen LogP) is -1.37. The van der Waals surface area contributed by atoms with E-state index in [1.807, 2.05) is 0 Å². The molecule has 0 amide bonds. The van der Waals surface area contributed by atoms with Crippen molar-refractivity contribution < 1.29 is 0 Å². The summed E-state index contributed by atoms with van der Waals surface area (Å²) >= 11 is 0. The fourth-order valence-corrected chi connectivity index (χ4v) is 0.955. The molecule has 2 rings (SSSR count). The lowest BCUT2D eigenvalue weighted by atomic mass is 10.5. The fourth-order valence-electron chi connectivity index (χ4n) is 0.955. The molecule has 0 aliphatic rings. The van der Waals surface area contributed by atoms with Crippen LogP contribution in [-0.4, -0.2) is 15.2 Å². The van der Waals surface area contributed by atoms with Gasteiger partial charge in [0.05, 0.1) is 0 Å². The van der Waals surface area contributed by atoms with Crippen molar-refractivity contribution in [1.29, 1.82) is 10.8 Å². The molecule has 2 aromatic heterocycles. The van der Waals surface area contributed by atoms with Gasteiger partial charge in [-0.15, -0.1) is 10.2 Å². The van der Waals surface area contributed by atoms with E-state index in [1.165, 1.54) is 0 Å². The van der Waals surface area contributed by atoms with Gasteiger partial charge >= 0.3 is 0 Å². The zero-order valence-electron chi connectivity index (χ0n) is 7.60. The standard InChI is InChI=1S/C8H7N7/c9-7-6(8(10)15-14-7)13-12-5-3-1-2-4-11-5/h1-4,9-10H,(H,11,12). The Hall–Kier alpha value is -2.44. The lowest BCUT2D eigenvalue weighted by molar-refractivity contribution is 0.957. The molecule has 0 saturated carbocycles. The van der Waals surface area contributed by atoms with Gasteiger partial charge < -0.3 is 0 Å². The number of nitrogens with one attached hydrogen (secondary N) is 3. The minimum atomic E-state index is -0.122. The van der Waals surface area contributed by atoms with Gasteiger partial charge in [-0.1, -0.05) is 6.07 Å². The first-order valence-corrected chi connectivity index (χ1v) is 4.11. The molecule has 7 nitrogen and oxygen atoms in total. The summed E-state index contributed by atoms with van der Waals surface area (Å²) in [5.74, 6) is 0.539. The van der Waals surface area contributed by atoms with Gasteiger partial charge in [0.25, 0.3) is 0 Å². The van der Waals surface area contributed by atoms with Crippen LogP contribution in [0.15, 0.2) is 29.5 Å². The van der Waals surface area contributed by atoms with E-state index in [4.69, 9.17) is 10.8 Å². The summed E-state index contributed by atoms with van der Waals surface area (Å²) in [6.45, 7) is 0. The Bertz CT molecular complexity index is 563. The number of anilines is 1. The summed E-state index contributed by atoms with van der Waals surface area (Å²) in [5, 5.41) is 25.4. The molecule has 3 N–H and O–H groups in total. The zero-order valence-corrected chi connectivity index (χ0v) is 7.60. The van der Waals surface area contributed by atoms with E-state index in [1.54, 1.807) is 24.4 Å². The van der Waals surface area contributed by atoms with Gasteiger partial charge in [-0.05, 0) is 12.1 Å². The zero-order chi connectivity index (χ0) is 10.7. The molecule has 0 unspecified atom stereocenters. The second-order valence-corrected chi connectivity index (χ2v) is 2.68. The average Bonchev–Trinajstić information content (AvgIpc) is 2.58. The molecular formula is C8H7N7. The molecule has 15 heavy (non-hydrogen) atoms. The highest BCUT2D eigenvalue weighted by atomic mass is 15.3. The predicted molar refractivity (Wildman–Crippen MR) is 49.5 cm³/mol. The van der Waals surface area contributed by atoms with Gasteiger partial charge in [0.15, 0.2) is 16.3 Å². The number of nitrogens with zero attached hydrogens (tertiary/aromatic N) is 4. The highest BCUT2D eigenvalue weighted by Gasteiger charge is 1.95. The third kappa shape index (κ3) is 1.90. The van der Waals surface area contributed by atoms with Gasteiger partial charge in [-0.25, -0.2) is 4.98 Å². The molecule has 2 aromatic rings. The van der Waals surface area contributed by atoms with E-state index < -0.39 is 0 Å². The van der Waals surface area contributed by atoms with E-state index in [0.29, 0.717) is 5.82 Å². The maximum atomic E-state index is 7.31. The SMILES string of the molecule is N=c1nnc(=N)c1=NNc1ccccn1. The minimum absolute atomic E-state index is 0.112. The van der Waals surface area contributed by atoms with Crippen LogP contribution in [0.4, 0.5) is 5.82 Å².